The number of halogens is 1. The van der Waals surface area contributed by atoms with Crippen molar-refractivity contribution in [2.45, 2.75) is 0 Å². The van der Waals surface area contributed by atoms with E-state index in [0.29, 0.717) is 5.75 Å². The van der Waals surface area contributed by atoms with Crippen LogP contribution in [0.1, 0.15) is 0 Å². The summed E-state index contributed by atoms with van der Waals surface area (Å²) in [6.07, 6.45) is 4.16. The molecule has 0 radical (unpaired) electrons. The topological polar surface area (TPSA) is 97.5 Å². The van der Waals surface area contributed by atoms with Crippen LogP contribution in [0.5, 0.6) is 11.5 Å². The molecule has 8 heteroatoms. The SMILES string of the molecule is O=C=Nc1ccc(Oc2ccc(N=C=O)c(Cl)c2)c(N=C=O)c1. The summed E-state index contributed by atoms with van der Waals surface area (Å²) in [6, 6.07) is 8.74. The number of aliphatic imine (C=N–C) groups is 3. The van der Waals surface area contributed by atoms with E-state index in [9.17, 15) is 14.4 Å². The molecule has 0 saturated carbocycles. The molecule has 0 bridgehead atoms. The molecule has 0 atom stereocenters. The number of isocyanates is 3. The molecule has 0 saturated heterocycles. The molecule has 0 aliphatic heterocycles. The quantitative estimate of drug-likeness (QED) is 0.611. The maximum Gasteiger partial charge on any atom is 0.240 e. The summed E-state index contributed by atoms with van der Waals surface area (Å²) in [5.41, 5.74) is 0.633. The van der Waals surface area contributed by atoms with Crippen LogP contribution in [0.3, 0.4) is 0 Å². The minimum absolute atomic E-state index is 0.127. The smallest absolute Gasteiger partial charge is 0.240 e. The Balaban J connectivity index is 2.39. The fourth-order valence-corrected chi connectivity index (χ4v) is 1.88. The second-order valence-corrected chi connectivity index (χ2v) is 4.38. The molecule has 0 spiro atoms. The maximum absolute atomic E-state index is 10.5. The Morgan fingerprint density at radius 2 is 1.52 bits per heavy atom. The first-order chi connectivity index (χ1) is 11.2. The second-order valence-electron chi connectivity index (χ2n) is 3.98. The largest absolute Gasteiger partial charge is 0.455 e. The third kappa shape index (κ3) is 4.08. The molecule has 7 nitrogen and oxygen atoms in total. The van der Waals surface area contributed by atoms with Crippen molar-refractivity contribution in [3.63, 3.8) is 0 Å². The van der Waals surface area contributed by atoms with Gasteiger partial charge in [0.1, 0.15) is 11.4 Å². The Hall–Kier alpha value is -3.33. The van der Waals surface area contributed by atoms with E-state index in [-0.39, 0.29) is 27.8 Å². The first-order valence-corrected chi connectivity index (χ1v) is 6.41. The Bertz CT molecular complexity index is 894. The fourth-order valence-electron chi connectivity index (χ4n) is 1.67. The van der Waals surface area contributed by atoms with Crippen LogP contribution in [0.15, 0.2) is 51.4 Å². The molecule has 0 aromatic heterocycles. The summed E-state index contributed by atoms with van der Waals surface area (Å²) in [5.74, 6) is 0.551. The molecule has 2 aromatic rings. The zero-order valence-electron chi connectivity index (χ0n) is 11.3. The van der Waals surface area contributed by atoms with Gasteiger partial charge < -0.3 is 4.74 Å². The number of benzene rings is 2. The lowest BCUT2D eigenvalue weighted by Crippen LogP contribution is -1.85. The van der Waals surface area contributed by atoms with Gasteiger partial charge in [-0.1, -0.05) is 11.6 Å². The van der Waals surface area contributed by atoms with Gasteiger partial charge in [-0.25, -0.2) is 14.4 Å². The molecule has 23 heavy (non-hydrogen) atoms. The minimum Gasteiger partial charge on any atom is -0.455 e. The van der Waals surface area contributed by atoms with Crippen molar-refractivity contribution in [3.8, 4) is 11.5 Å². The lowest BCUT2D eigenvalue weighted by molar-refractivity contribution is 0.484. The Morgan fingerprint density at radius 3 is 2.17 bits per heavy atom. The maximum atomic E-state index is 10.5. The van der Waals surface area contributed by atoms with Crippen molar-refractivity contribution in [1.29, 1.82) is 0 Å². The lowest BCUT2D eigenvalue weighted by Gasteiger charge is -2.09. The summed E-state index contributed by atoms with van der Waals surface area (Å²) in [7, 11) is 0. The lowest BCUT2D eigenvalue weighted by atomic mass is 10.2. The number of ether oxygens (including phenoxy) is 1. The summed E-state index contributed by atoms with van der Waals surface area (Å²) in [6.45, 7) is 0. The number of carbonyl (C=O) groups excluding carboxylic acids is 3. The second kappa shape index (κ2) is 7.61. The van der Waals surface area contributed by atoms with Gasteiger partial charge in [-0.05, 0) is 30.3 Å². The van der Waals surface area contributed by atoms with Crippen molar-refractivity contribution in [2.24, 2.45) is 15.0 Å². The Labute approximate surface area is 134 Å². The molecule has 2 aromatic carbocycles. The molecular formula is C15H6ClN3O4. The van der Waals surface area contributed by atoms with Gasteiger partial charge in [0, 0.05) is 6.07 Å². The highest BCUT2D eigenvalue weighted by Gasteiger charge is 2.08. The molecule has 0 N–H and O–H groups in total. The third-order valence-corrected chi connectivity index (χ3v) is 2.90. The molecule has 0 amide bonds. The Kier molecular flexibility index (Phi) is 5.31. The molecule has 0 fully saturated rings. The molecule has 0 aliphatic rings. The predicted molar refractivity (Wildman–Crippen MR) is 81.3 cm³/mol. The zero-order valence-corrected chi connectivity index (χ0v) is 12.1. The normalized spacial score (nSPS) is 9.09. The number of hydrogen-bond acceptors (Lipinski definition) is 7. The van der Waals surface area contributed by atoms with E-state index in [4.69, 9.17) is 16.3 Å². The monoisotopic (exact) mass is 327 g/mol. The first kappa shape index (κ1) is 16.0. The van der Waals surface area contributed by atoms with E-state index < -0.39 is 0 Å². The summed E-state index contributed by atoms with van der Waals surface area (Å²) >= 11 is 5.95. The van der Waals surface area contributed by atoms with Crippen LogP contribution in [-0.2, 0) is 14.4 Å². The van der Waals surface area contributed by atoms with Crippen LogP contribution in [0.4, 0.5) is 17.1 Å². The number of nitrogens with zero attached hydrogens (tertiary/aromatic N) is 3. The van der Waals surface area contributed by atoms with E-state index in [2.05, 4.69) is 15.0 Å². The van der Waals surface area contributed by atoms with Crippen LogP contribution < -0.4 is 4.74 Å². The van der Waals surface area contributed by atoms with E-state index in [1.165, 1.54) is 54.6 Å². The fraction of sp³-hybridized carbons (Fsp3) is 0. The van der Waals surface area contributed by atoms with Gasteiger partial charge in [0.2, 0.25) is 18.2 Å². The number of hydrogen-bond donors (Lipinski definition) is 0. The molecule has 0 unspecified atom stereocenters. The molecule has 112 valence electrons. The van der Waals surface area contributed by atoms with Crippen LogP contribution in [-0.4, -0.2) is 18.2 Å². The van der Waals surface area contributed by atoms with E-state index in [1.54, 1.807) is 0 Å². The van der Waals surface area contributed by atoms with Crippen molar-refractivity contribution < 1.29 is 19.1 Å². The number of rotatable bonds is 5. The first-order valence-electron chi connectivity index (χ1n) is 6.03. The molecule has 0 aliphatic carbocycles. The van der Waals surface area contributed by atoms with Gasteiger partial charge in [-0.3, -0.25) is 0 Å². The zero-order chi connectivity index (χ0) is 16.7. The third-order valence-electron chi connectivity index (χ3n) is 2.60. The van der Waals surface area contributed by atoms with Gasteiger partial charge >= 0.3 is 0 Å². The molecule has 2 rings (SSSR count). The van der Waals surface area contributed by atoms with Gasteiger partial charge in [-0.2, -0.15) is 15.0 Å². The van der Waals surface area contributed by atoms with Crippen molar-refractivity contribution >= 4 is 46.9 Å². The minimum atomic E-state index is 0.127. The average molecular weight is 328 g/mol. The highest BCUT2D eigenvalue weighted by Crippen LogP contribution is 2.37. The summed E-state index contributed by atoms with van der Waals surface area (Å²) < 4.78 is 5.57. The standard InChI is InChI=1S/C15H6ClN3O4/c16-12-6-11(2-3-13(12)18-8-21)23-15-4-1-10(17-7-20)5-14(15)19-9-22/h1-6H. The molecular weight excluding hydrogens is 322 g/mol. The van der Waals surface area contributed by atoms with E-state index in [0.717, 1.165) is 0 Å². The van der Waals surface area contributed by atoms with Crippen LogP contribution >= 0.6 is 11.6 Å². The predicted octanol–water partition coefficient (Wildman–Crippen LogP) is 4.03. The highest BCUT2D eigenvalue weighted by molar-refractivity contribution is 6.33. The summed E-state index contributed by atoms with van der Waals surface area (Å²) in [4.78, 5) is 41.3. The van der Waals surface area contributed by atoms with E-state index >= 15 is 0 Å². The van der Waals surface area contributed by atoms with Crippen LogP contribution in [0, 0.1) is 0 Å². The van der Waals surface area contributed by atoms with Gasteiger partial charge in [0.05, 0.1) is 16.4 Å². The van der Waals surface area contributed by atoms with Crippen molar-refractivity contribution in [1.82, 2.24) is 0 Å². The van der Waals surface area contributed by atoms with Gasteiger partial charge in [0.25, 0.3) is 0 Å². The van der Waals surface area contributed by atoms with Crippen LogP contribution in [0.2, 0.25) is 5.02 Å². The van der Waals surface area contributed by atoms with Crippen molar-refractivity contribution in [2.75, 3.05) is 0 Å². The Morgan fingerprint density at radius 1 is 0.826 bits per heavy atom. The highest BCUT2D eigenvalue weighted by atomic mass is 35.5. The van der Waals surface area contributed by atoms with Gasteiger partial charge in [-0.15, -0.1) is 0 Å². The molecule has 0 heterocycles. The van der Waals surface area contributed by atoms with Gasteiger partial charge in [0.15, 0.2) is 5.75 Å². The van der Waals surface area contributed by atoms with Crippen LogP contribution in [0.25, 0.3) is 0 Å². The van der Waals surface area contributed by atoms with Crippen molar-refractivity contribution in [3.05, 3.63) is 41.4 Å². The average Bonchev–Trinajstić information content (AvgIpc) is 2.53. The summed E-state index contributed by atoms with van der Waals surface area (Å²) in [5, 5.41) is 0.188. The van der Waals surface area contributed by atoms with E-state index in [1.807, 2.05) is 0 Å².